The molecular formula is C8H10Br4N2. The van der Waals surface area contributed by atoms with E-state index in [1.807, 2.05) is 13.8 Å². The monoisotopic (exact) mass is 450 g/mol. The molecule has 1 rings (SSSR count). The molecule has 2 unspecified atom stereocenters. The fourth-order valence-corrected chi connectivity index (χ4v) is 3.94. The Hall–Kier alpha value is 1.32. The van der Waals surface area contributed by atoms with Gasteiger partial charge in [-0.05, 0) is 56.9 Å². The second kappa shape index (κ2) is 3.96. The molecule has 0 saturated carbocycles. The number of alkyl halides is 2. The summed E-state index contributed by atoms with van der Waals surface area (Å²) < 4.78 is 0.296. The van der Waals surface area contributed by atoms with Crippen molar-refractivity contribution in [1.82, 2.24) is 0 Å². The molecule has 0 aromatic heterocycles. The van der Waals surface area contributed by atoms with E-state index in [-0.39, 0.29) is 0 Å². The zero-order valence-corrected chi connectivity index (χ0v) is 14.0. The van der Waals surface area contributed by atoms with E-state index in [1.165, 1.54) is 0 Å². The summed E-state index contributed by atoms with van der Waals surface area (Å²) in [6.45, 7) is 3.85. The van der Waals surface area contributed by atoms with Crippen LogP contribution in [0.1, 0.15) is 13.8 Å². The van der Waals surface area contributed by atoms with E-state index in [4.69, 9.17) is 11.5 Å². The molecule has 14 heavy (non-hydrogen) atoms. The van der Waals surface area contributed by atoms with Crippen LogP contribution >= 0.6 is 63.7 Å². The van der Waals surface area contributed by atoms with Crippen LogP contribution in [0.5, 0.6) is 0 Å². The maximum atomic E-state index is 6.14. The average molecular weight is 454 g/mol. The topological polar surface area (TPSA) is 52.0 Å². The molecule has 0 radical (unpaired) electrons. The lowest BCUT2D eigenvalue weighted by Crippen LogP contribution is -2.61. The first-order valence-electron chi connectivity index (χ1n) is 3.83. The molecule has 6 heteroatoms. The van der Waals surface area contributed by atoms with Crippen molar-refractivity contribution in [2.75, 3.05) is 0 Å². The van der Waals surface area contributed by atoms with Gasteiger partial charge in [0.2, 0.25) is 0 Å². The Morgan fingerprint density at radius 1 is 0.857 bits per heavy atom. The minimum absolute atomic E-state index is 0.791. The SMILES string of the molecule is CC1=C(Br)C(Br)=C(C)C(N)(Br)C1(N)Br. The van der Waals surface area contributed by atoms with Gasteiger partial charge in [0.05, 0.1) is 0 Å². The van der Waals surface area contributed by atoms with Gasteiger partial charge in [-0.2, -0.15) is 0 Å². The third-order valence-corrected chi connectivity index (χ3v) is 7.96. The van der Waals surface area contributed by atoms with Crippen LogP contribution < -0.4 is 11.5 Å². The first kappa shape index (κ1) is 13.4. The quantitative estimate of drug-likeness (QED) is 0.436. The Labute approximate surface area is 117 Å². The summed E-state index contributed by atoms with van der Waals surface area (Å²) in [5.41, 5.74) is 14.2. The van der Waals surface area contributed by atoms with Crippen molar-refractivity contribution in [1.29, 1.82) is 0 Å². The zero-order valence-electron chi connectivity index (χ0n) is 7.67. The fraction of sp³-hybridized carbons (Fsp3) is 0.500. The van der Waals surface area contributed by atoms with Crippen molar-refractivity contribution in [3.05, 3.63) is 20.1 Å². The largest absolute Gasteiger partial charge is 0.310 e. The van der Waals surface area contributed by atoms with Crippen LogP contribution in [-0.2, 0) is 0 Å². The zero-order chi connectivity index (χ0) is 11.3. The first-order valence-corrected chi connectivity index (χ1v) is 7.01. The van der Waals surface area contributed by atoms with E-state index in [0.29, 0.717) is 0 Å². The van der Waals surface area contributed by atoms with Gasteiger partial charge in [0.1, 0.15) is 8.90 Å². The maximum Gasteiger partial charge on any atom is 0.127 e. The van der Waals surface area contributed by atoms with Crippen LogP contribution in [0.15, 0.2) is 20.1 Å². The lowest BCUT2D eigenvalue weighted by atomic mass is 9.90. The first-order chi connectivity index (χ1) is 6.14. The molecule has 4 N–H and O–H groups in total. The van der Waals surface area contributed by atoms with Crippen molar-refractivity contribution in [3.8, 4) is 0 Å². The number of hydrogen-bond acceptors (Lipinski definition) is 2. The molecule has 0 spiro atoms. The van der Waals surface area contributed by atoms with Gasteiger partial charge in [-0.1, -0.05) is 31.9 Å². The van der Waals surface area contributed by atoms with E-state index >= 15 is 0 Å². The van der Waals surface area contributed by atoms with Gasteiger partial charge in [-0.25, -0.2) is 0 Å². The molecular weight excluding hydrogens is 444 g/mol. The Morgan fingerprint density at radius 3 is 1.29 bits per heavy atom. The van der Waals surface area contributed by atoms with Crippen LogP contribution in [0, 0.1) is 0 Å². The highest BCUT2D eigenvalue weighted by Crippen LogP contribution is 2.50. The molecule has 0 aromatic rings. The summed E-state index contributed by atoms with van der Waals surface area (Å²) in [5.74, 6) is 0. The van der Waals surface area contributed by atoms with Crippen LogP contribution in [0.2, 0.25) is 0 Å². The Kier molecular flexibility index (Phi) is 3.79. The standard InChI is InChI=1S/C8H10Br4N2/c1-3-5(9)6(10)4(2)8(12,14)7(3,11)13/h13-14H2,1-2H3. The van der Waals surface area contributed by atoms with Crippen molar-refractivity contribution in [3.63, 3.8) is 0 Å². The molecule has 1 aliphatic carbocycles. The highest BCUT2D eigenvalue weighted by atomic mass is 79.9. The summed E-state index contributed by atoms with van der Waals surface area (Å²) in [7, 11) is 0. The molecule has 0 amide bonds. The molecule has 0 bridgehead atoms. The van der Waals surface area contributed by atoms with Gasteiger partial charge in [0, 0.05) is 8.96 Å². The van der Waals surface area contributed by atoms with E-state index in [0.717, 1.165) is 20.1 Å². The molecule has 2 nitrogen and oxygen atoms in total. The van der Waals surface area contributed by atoms with E-state index in [1.54, 1.807) is 0 Å². The summed E-state index contributed by atoms with van der Waals surface area (Å²) >= 11 is 13.9. The van der Waals surface area contributed by atoms with Crippen molar-refractivity contribution < 1.29 is 0 Å². The normalized spacial score (nSPS) is 39.4. The van der Waals surface area contributed by atoms with E-state index in [2.05, 4.69) is 63.7 Å². The minimum atomic E-state index is -0.791. The molecule has 80 valence electrons. The summed E-state index contributed by atoms with van der Waals surface area (Å²) in [4.78, 5) is 0. The van der Waals surface area contributed by atoms with Crippen molar-refractivity contribution >= 4 is 63.7 Å². The van der Waals surface area contributed by atoms with Crippen molar-refractivity contribution in [2.45, 2.75) is 22.7 Å². The summed E-state index contributed by atoms with van der Waals surface area (Å²) in [5, 5.41) is 0. The van der Waals surface area contributed by atoms with Crippen LogP contribution in [0.25, 0.3) is 0 Å². The highest BCUT2D eigenvalue weighted by Gasteiger charge is 2.49. The van der Waals surface area contributed by atoms with Gasteiger partial charge in [0.25, 0.3) is 0 Å². The second-order valence-electron chi connectivity index (χ2n) is 3.30. The second-order valence-corrected chi connectivity index (χ2v) is 7.39. The van der Waals surface area contributed by atoms with Gasteiger partial charge in [0.15, 0.2) is 0 Å². The van der Waals surface area contributed by atoms with E-state index < -0.39 is 8.90 Å². The number of halogens is 4. The molecule has 0 aliphatic heterocycles. The Balaban J connectivity index is 3.48. The number of nitrogens with two attached hydrogens (primary N) is 2. The average Bonchev–Trinajstić information content (AvgIpc) is 2.10. The highest BCUT2D eigenvalue weighted by molar-refractivity contribution is 9.15. The predicted molar refractivity (Wildman–Crippen MR) is 74.9 cm³/mol. The minimum Gasteiger partial charge on any atom is -0.310 e. The lowest BCUT2D eigenvalue weighted by molar-refractivity contribution is 0.563. The maximum absolute atomic E-state index is 6.14. The molecule has 0 fully saturated rings. The smallest absolute Gasteiger partial charge is 0.127 e. The number of rotatable bonds is 0. The third kappa shape index (κ3) is 1.72. The Morgan fingerprint density at radius 2 is 1.07 bits per heavy atom. The van der Waals surface area contributed by atoms with E-state index in [9.17, 15) is 0 Å². The number of hydrogen-bond donors (Lipinski definition) is 2. The lowest BCUT2D eigenvalue weighted by Gasteiger charge is -2.43. The Bertz CT molecular complexity index is 307. The fourth-order valence-electron chi connectivity index (χ4n) is 1.19. The van der Waals surface area contributed by atoms with Crippen LogP contribution in [0.3, 0.4) is 0 Å². The predicted octanol–water partition coefficient (Wildman–Crippen LogP) is 3.44. The van der Waals surface area contributed by atoms with Crippen LogP contribution in [0.4, 0.5) is 0 Å². The molecule has 2 atom stereocenters. The molecule has 1 aliphatic rings. The molecule has 0 saturated heterocycles. The third-order valence-electron chi connectivity index (χ3n) is 2.47. The molecule has 0 aromatic carbocycles. The van der Waals surface area contributed by atoms with Crippen LogP contribution in [-0.4, -0.2) is 8.90 Å². The van der Waals surface area contributed by atoms with Crippen molar-refractivity contribution in [2.24, 2.45) is 11.5 Å². The number of allylic oxidation sites excluding steroid dienone is 2. The van der Waals surface area contributed by atoms with Gasteiger partial charge >= 0.3 is 0 Å². The summed E-state index contributed by atoms with van der Waals surface area (Å²) in [6.07, 6.45) is 0. The molecule has 0 heterocycles. The van der Waals surface area contributed by atoms with Gasteiger partial charge in [-0.15, -0.1) is 0 Å². The van der Waals surface area contributed by atoms with Gasteiger partial charge in [-0.3, -0.25) is 0 Å². The summed E-state index contributed by atoms with van der Waals surface area (Å²) in [6, 6.07) is 0. The van der Waals surface area contributed by atoms with Gasteiger partial charge < -0.3 is 11.5 Å².